The fourth-order valence-electron chi connectivity index (χ4n) is 2.35. The van der Waals surface area contributed by atoms with Gasteiger partial charge in [-0.15, -0.1) is 0 Å². The van der Waals surface area contributed by atoms with Gasteiger partial charge < -0.3 is 14.8 Å². The normalized spacial score (nSPS) is 11.1. The summed E-state index contributed by atoms with van der Waals surface area (Å²) in [6.45, 7) is 4.09. The van der Waals surface area contributed by atoms with Crippen molar-refractivity contribution < 1.29 is 14.3 Å². The number of rotatable bonds is 7. The molecule has 0 saturated carbocycles. The molecule has 0 bridgehead atoms. The van der Waals surface area contributed by atoms with Gasteiger partial charge in [-0.3, -0.25) is 4.79 Å². The highest BCUT2D eigenvalue weighted by molar-refractivity contribution is 14.1. The molecule has 0 aliphatic carbocycles. The molecule has 2 rings (SSSR count). The Kier molecular flexibility index (Phi) is 8.33. The van der Waals surface area contributed by atoms with Gasteiger partial charge >= 0.3 is 0 Å². The number of amides is 1. The lowest BCUT2D eigenvalue weighted by atomic mass is 10.1. The van der Waals surface area contributed by atoms with E-state index < -0.39 is 5.91 Å². The van der Waals surface area contributed by atoms with Crippen LogP contribution in [0, 0.1) is 14.9 Å². The Morgan fingerprint density at radius 3 is 2.57 bits per heavy atom. The summed E-state index contributed by atoms with van der Waals surface area (Å²) < 4.78 is 13.3. The first-order chi connectivity index (χ1) is 13.3. The number of hydrogen-bond donors (Lipinski definition) is 1. The number of ether oxygens (including phenoxy) is 2. The minimum Gasteiger partial charge on any atom is -0.493 e. The number of nitrogens with zero attached hydrogens (tertiary/aromatic N) is 1. The van der Waals surface area contributed by atoms with Crippen LogP contribution in [0.1, 0.15) is 25.0 Å². The van der Waals surface area contributed by atoms with E-state index in [1.54, 1.807) is 19.3 Å². The van der Waals surface area contributed by atoms with Crippen LogP contribution in [0.3, 0.4) is 0 Å². The van der Waals surface area contributed by atoms with Crippen molar-refractivity contribution >= 4 is 50.5 Å². The summed E-state index contributed by atoms with van der Waals surface area (Å²) >= 11 is 5.57. The highest BCUT2D eigenvalue weighted by Gasteiger charge is 2.14. The number of methoxy groups -OCH3 is 1. The molecule has 0 radical (unpaired) electrons. The van der Waals surface area contributed by atoms with Gasteiger partial charge in [-0.1, -0.05) is 28.1 Å². The van der Waals surface area contributed by atoms with Crippen molar-refractivity contribution in [3.8, 4) is 17.6 Å². The van der Waals surface area contributed by atoms with E-state index in [4.69, 9.17) is 9.47 Å². The molecule has 0 aliphatic heterocycles. The molecule has 1 amide bonds. The number of carbonyl (C=O) groups is 1. The molecule has 146 valence electrons. The quantitative estimate of drug-likeness (QED) is 0.294. The van der Waals surface area contributed by atoms with E-state index in [1.807, 2.05) is 50.2 Å². The SMILES string of the molecule is COc1cc(/C=C(/C#N)C(=O)NC(C)C)cc(I)c1OCc1ccc(Br)cc1. The second kappa shape index (κ2) is 10.5. The summed E-state index contributed by atoms with van der Waals surface area (Å²) in [4.78, 5) is 12.1. The van der Waals surface area contributed by atoms with Crippen LogP contribution < -0.4 is 14.8 Å². The van der Waals surface area contributed by atoms with Crippen LogP contribution in [0.4, 0.5) is 0 Å². The molecule has 2 aromatic carbocycles. The Labute approximate surface area is 187 Å². The maximum Gasteiger partial charge on any atom is 0.262 e. The molecule has 0 aliphatic rings. The molecular formula is C21H20BrIN2O3. The molecule has 0 saturated heterocycles. The molecule has 1 N–H and O–H groups in total. The van der Waals surface area contributed by atoms with Crippen molar-refractivity contribution in [2.75, 3.05) is 7.11 Å². The maximum absolute atomic E-state index is 12.1. The van der Waals surface area contributed by atoms with Gasteiger partial charge in [0.1, 0.15) is 18.2 Å². The van der Waals surface area contributed by atoms with E-state index in [1.165, 1.54) is 0 Å². The number of nitrogens with one attached hydrogen (secondary N) is 1. The van der Waals surface area contributed by atoms with Crippen molar-refractivity contribution in [3.05, 3.63) is 61.1 Å². The second-order valence-corrected chi connectivity index (χ2v) is 8.33. The highest BCUT2D eigenvalue weighted by atomic mass is 127. The number of benzene rings is 2. The summed E-state index contributed by atoms with van der Waals surface area (Å²) in [5, 5.41) is 12.0. The van der Waals surface area contributed by atoms with Gasteiger partial charge in [0.05, 0.1) is 10.7 Å². The van der Waals surface area contributed by atoms with Gasteiger partial charge in [0.15, 0.2) is 11.5 Å². The molecule has 5 nitrogen and oxygen atoms in total. The fourth-order valence-corrected chi connectivity index (χ4v) is 3.40. The second-order valence-electron chi connectivity index (χ2n) is 6.25. The third-order valence-corrected chi connectivity index (χ3v) is 4.97. The average molecular weight is 555 g/mol. The topological polar surface area (TPSA) is 71.3 Å². The zero-order valence-corrected chi connectivity index (χ0v) is 19.5. The Balaban J connectivity index is 2.27. The smallest absolute Gasteiger partial charge is 0.262 e. The van der Waals surface area contributed by atoms with E-state index in [0.717, 1.165) is 13.6 Å². The van der Waals surface area contributed by atoms with Gasteiger partial charge in [0.25, 0.3) is 5.91 Å². The summed E-state index contributed by atoms with van der Waals surface area (Å²) in [7, 11) is 1.56. The van der Waals surface area contributed by atoms with Crippen molar-refractivity contribution in [1.82, 2.24) is 5.32 Å². The monoisotopic (exact) mass is 554 g/mol. The minimum absolute atomic E-state index is 0.0371. The zero-order valence-electron chi connectivity index (χ0n) is 15.8. The van der Waals surface area contributed by atoms with Gasteiger partial charge in [0, 0.05) is 10.5 Å². The van der Waals surface area contributed by atoms with Crippen LogP contribution in [-0.2, 0) is 11.4 Å². The first-order valence-corrected chi connectivity index (χ1v) is 10.4. The molecule has 0 spiro atoms. The van der Waals surface area contributed by atoms with Crippen molar-refractivity contribution in [2.24, 2.45) is 0 Å². The number of hydrogen-bond acceptors (Lipinski definition) is 4. The minimum atomic E-state index is -0.401. The third kappa shape index (κ3) is 6.24. The summed E-state index contributed by atoms with van der Waals surface area (Å²) in [5.41, 5.74) is 1.75. The van der Waals surface area contributed by atoms with Crippen LogP contribution in [0.2, 0.25) is 0 Å². The highest BCUT2D eigenvalue weighted by Crippen LogP contribution is 2.35. The lowest BCUT2D eigenvalue weighted by Crippen LogP contribution is -2.30. The van der Waals surface area contributed by atoms with Crippen molar-refractivity contribution in [3.63, 3.8) is 0 Å². The van der Waals surface area contributed by atoms with Crippen molar-refractivity contribution in [2.45, 2.75) is 26.5 Å². The molecule has 0 heterocycles. The van der Waals surface area contributed by atoms with Crippen LogP contribution in [0.15, 0.2) is 46.4 Å². The molecule has 0 atom stereocenters. The predicted octanol–water partition coefficient (Wildman–Crippen LogP) is 5.07. The Morgan fingerprint density at radius 2 is 2.00 bits per heavy atom. The van der Waals surface area contributed by atoms with Crippen molar-refractivity contribution in [1.29, 1.82) is 5.26 Å². The number of halogens is 2. The zero-order chi connectivity index (χ0) is 20.7. The van der Waals surface area contributed by atoms with E-state index >= 15 is 0 Å². The Morgan fingerprint density at radius 1 is 1.32 bits per heavy atom. The molecule has 0 fully saturated rings. The lowest BCUT2D eigenvalue weighted by Gasteiger charge is -2.14. The number of carbonyl (C=O) groups excluding carboxylic acids is 1. The predicted molar refractivity (Wildman–Crippen MR) is 121 cm³/mol. The standard InChI is InChI=1S/C21H20BrIN2O3/c1-13(2)25-21(26)16(11-24)8-15-9-18(23)20(19(10-15)27-3)28-12-14-4-6-17(22)7-5-14/h4-10,13H,12H2,1-3H3,(H,25,26)/b16-8-. The molecule has 0 unspecified atom stereocenters. The largest absolute Gasteiger partial charge is 0.493 e. The number of nitriles is 1. The van der Waals surface area contributed by atoms with E-state index in [-0.39, 0.29) is 11.6 Å². The molecular weight excluding hydrogens is 535 g/mol. The van der Waals surface area contributed by atoms with E-state index in [9.17, 15) is 10.1 Å². The third-order valence-electron chi connectivity index (χ3n) is 3.64. The molecule has 0 aromatic heterocycles. The van der Waals surface area contributed by atoms with Crippen LogP contribution >= 0.6 is 38.5 Å². The summed E-state index contributed by atoms with van der Waals surface area (Å²) in [5.74, 6) is 0.757. The summed E-state index contributed by atoms with van der Waals surface area (Å²) in [6.07, 6.45) is 1.54. The van der Waals surface area contributed by atoms with Gasteiger partial charge in [-0.25, -0.2) is 0 Å². The molecule has 7 heteroatoms. The van der Waals surface area contributed by atoms with E-state index in [2.05, 4.69) is 43.8 Å². The Bertz CT molecular complexity index is 918. The first-order valence-electron chi connectivity index (χ1n) is 8.51. The fraction of sp³-hybridized carbons (Fsp3) is 0.238. The molecule has 28 heavy (non-hydrogen) atoms. The van der Waals surface area contributed by atoms with Gasteiger partial charge in [-0.2, -0.15) is 5.26 Å². The van der Waals surface area contributed by atoms with Gasteiger partial charge in [-0.05, 0) is 77.9 Å². The average Bonchev–Trinajstić information content (AvgIpc) is 2.65. The maximum atomic E-state index is 12.1. The molecule has 2 aromatic rings. The van der Waals surface area contributed by atoms with Crippen LogP contribution in [0.25, 0.3) is 6.08 Å². The first kappa shape index (κ1) is 22.2. The summed E-state index contributed by atoms with van der Waals surface area (Å²) in [6, 6.07) is 13.4. The van der Waals surface area contributed by atoms with Crippen LogP contribution in [0.5, 0.6) is 11.5 Å². The van der Waals surface area contributed by atoms with Gasteiger partial charge in [0.2, 0.25) is 0 Å². The lowest BCUT2D eigenvalue weighted by molar-refractivity contribution is -0.117. The van der Waals surface area contributed by atoms with E-state index in [0.29, 0.717) is 23.7 Å². The van der Waals surface area contributed by atoms with Crippen LogP contribution in [-0.4, -0.2) is 19.1 Å². The Hall–Kier alpha value is -2.05.